The van der Waals surface area contributed by atoms with E-state index in [1.54, 1.807) is 25.1 Å². The summed E-state index contributed by atoms with van der Waals surface area (Å²) in [4.78, 5) is 4.37. The molecule has 2 heterocycles. The highest BCUT2D eigenvalue weighted by atomic mass is 32.2. The number of nitrogens with two attached hydrogens (primary N) is 1. The lowest BCUT2D eigenvalue weighted by molar-refractivity contribution is 0.166. The fourth-order valence-electron chi connectivity index (χ4n) is 3.27. The molecule has 3 rings (SSSR count). The molecular weight excluding hydrogens is 295 g/mol. The van der Waals surface area contributed by atoms with Crippen LogP contribution in [0.5, 0.6) is 0 Å². The summed E-state index contributed by atoms with van der Waals surface area (Å²) in [7, 11) is -3.44. The van der Waals surface area contributed by atoms with Crippen molar-refractivity contribution in [3.8, 4) is 0 Å². The molecule has 1 fully saturated rings. The number of hydrogen-bond acceptors (Lipinski definition) is 5. The molecule has 5 nitrogen and oxygen atoms in total. The monoisotopic (exact) mass is 312 g/mol. The summed E-state index contributed by atoms with van der Waals surface area (Å²) in [6, 6.07) is 6.26. The first kappa shape index (κ1) is 14.5. The standard InChI is InChI=1S/C14H17FN2O3S/c1-14(9-4-2-3-5-11(9)15)10-6-20-7-12(10)21(18,19)8-13(16)17-14/h2-5,10,12H,6-8H2,1H3,(H2,16,17). The van der Waals surface area contributed by atoms with Crippen LogP contribution in [0.1, 0.15) is 12.5 Å². The van der Waals surface area contributed by atoms with Gasteiger partial charge in [-0.05, 0) is 13.0 Å². The van der Waals surface area contributed by atoms with Crippen molar-refractivity contribution in [3.63, 3.8) is 0 Å². The van der Waals surface area contributed by atoms with E-state index in [-0.39, 0.29) is 24.8 Å². The van der Waals surface area contributed by atoms with Crippen molar-refractivity contribution in [1.82, 2.24) is 0 Å². The minimum atomic E-state index is -3.44. The van der Waals surface area contributed by atoms with Gasteiger partial charge in [-0.3, -0.25) is 4.99 Å². The van der Waals surface area contributed by atoms with E-state index in [0.29, 0.717) is 5.56 Å². The Morgan fingerprint density at radius 1 is 1.38 bits per heavy atom. The van der Waals surface area contributed by atoms with Crippen molar-refractivity contribution < 1.29 is 17.5 Å². The molecule has 0 saturated carbocycles. The second-order valence-electron chi connectivity index (χ2n) is 5.72. The summed E-state index contributed by atoms with van der Waals surface area (Å²) < 4.78 is 44.3. The van der Waals surface area contributed by atoms with Crippen LogP contribution in [-0.2, 0) is 20.1 Å². The van der Waals surface area contributed by atoms with E-state index >= 15 is 0 Å². The molecule has 3 unspecified atom stereocenters. The molecule has 2 aliphatic rings. The van der Waals surface area contributed by atoms with Crippen LogP contribution in [0.25, 0.3) is 0 Å². The molecule has 1 saturated heterocycles. The number of hydrogen-bond donors (Lipinski definition) is 1. The van der Waals surface area contributed by atoms with Gasteiger partial charge in [0.05, 0.1) is 24.0 Å². The smallest absolute Gasteiger partial charge is 0.163 e. The lowest BCUT2D eigenvalue weighted by atomic mass is 9.79. The summed E-state index contributed by atoms with van der Waals surface area (Å²) in [5.74, 6) is -1.14. The fraction of sp³-hybridized carbons (Fsp3) is 0.500. The van der Waals surface area contributed by atoms with Crippen LogP contribution < -0.4 is 5.73 Å². The molecule has 2 N–H and O–H groups in total. The van der Waals surface area contributed by atoms with Crippen LogP contribution in [0.15, 0.2) is 29.3 Å². The van der Waals surface area contributed by atoms with Gasteiger partial charge in [-0.1, -0.05) is 18.2 Å². The number of aliphatic imine (C=N–C) groups is 1. The first-order chi connectivity index (χ1) is 9.84. The maximum atomic E-state index is 14.2. The Labute approximate surface area is 122 Å². The second-order valence-corrected chi connectivity index (χ2v) is 7.94. The molecule has 7 heteroatoms. The van der Waals surface area contributed by atoms with Gasteiger partial charge in [0.25, 0.3) is 0 Å². The van der Waals surface area contributed by atoms with E-state index in [2.05, 4.69) is 4.99 Å². The maximum Gasteiger partial charge on any atom is 0.163 e. The third-order valence-corrected chi connectivity index (χ3v) is 6.44. The Hall–Kier alpha value is -1.47. The molecule has 0 radical (unpaired) electrons. The molecule has 1 aromatic rings. The number of sulfone groups is 1. The minimum Gasteiger partial charge on any atom is -0.387 e. The Balaban J connectivity index is 2.21. The highest BCUT2D eigenvalue weighted by Crippen LogP contribution is 2.43. The van der Waals surface area contributed by atoms with Crippen LogP contribution >= 0.6 is 0 Å². The van der Waals surface area contributed by atoms with Crippen LogP contribution in [-0.4, -0.2) is 38.5 Å². The number of fused-ring (bicyclic) bond motifs is 1. The number of benzene rings is 1. The summed E-state index contributed by atoms with van der Waals surface area (Å²) in [5, 5.41) is -0.702. The quantitative estimate of drug-likeness (QED) is 0.833. The van der Waals surface area contributed by atoms with Crippen molar-refractivity contribution >= 4 is 15.7 Å². The van der Waals surface area contributed by atoms with E-state index in [9.17, 15) is 12.8 Å². The average molecular weight is 312 g/mol. The molecular formula is C14H17FN2O3S. The molecule has 21 heavy (non-hydrogen) atoms. The summed E-state index contributed by atoms with van der Waals surface area (Å²) in [6.45, 7) is 2.07. The van der Waals surface area contributed by atoms with Gasteiger partial charge in [-0.15, -0.1) is 0 Å². The number of nitrogens with zero attached hydrogens (tertiary/aromatic N) is 1. The van der Waals surface area contributed by atoms with E-state index < -0.39 is 32.4 Å². The molecule has 1 aromatic carbocycles. The molecule has 0 aromatic heterocycles. The van der Waals surface area contributed by atoms with Crippen LogP contribution in [0.4, 0.5) is 4.39 Å². The lowest BCUT2D eigenvalue weighted by Crippen LogP contribution is -2.40. The first-order valence-electron chi connectivity index (χ1n) is 6.73. The molecule has 114 valence electrons. The number of rotatable bonds is 1. The first-order valence-corrected chi connectivity index (χ1v) is 8.44. The van der Waals surface area contributed by atoms with Gasteiger partial charge >= 0.3 is 0 Å². The number of halogens is 1. The predicted octanol–water partition coefficient (Wildman–Crippen LogP) is 0.842. The van der Waals surface area contributed by atoms with Crippen LogP contribution in [0.3, 0.4) is 0 Å². The van der Waals surface area contributed by atoms with E-state index in [1.165, 1.54) is 6.07 Å². The van der Waals surface area contributed by atoms with Gasteiger partial charge in [0.2, 0.25) is 0 Å². The Bertz CT molecular complexity index is 704. The summed E-state index contributed by atoms with van der Waals surface area (Å²) >= 11 is 0. The topological polar surface area (TPSA) is 81.8 Å². The van der Waals surface area contributed by atoms with E-state index in [4.69, 9.17) is 10.5 Å². The minimum absolute atomic E-state index is 0.0233. The fourth-order valence-corrected chi connectivity index (χ4v) is 5.11. The van der Waals surface area contributed by atoms with Gasteiger partial charge in [0.15, 0.2) is 9.84 Å². The third-order valence-electron chi connectivity index (χ3n) is 4.36. The highest BCUT2D eigenvalue weighted by Gasteiger charge is 2.52. The zero-order valence-corrected chi connectivity index (χ0v) is 12.4. The highest BCUT2D eigenvalue weighted by molar-refractivity contribution is 7.92. The normalized spacial score (nSPS) is 34.9. The predicted molar refractivity (Wildman–Crippen MR) is 77.3 cm³/mol. The third kappa shape index (κ3) is 2.24. The van der Waals surface area contributed by atoms with E-state index in [0.717, 1.165) is 0 Å². The van der Waals surface area contributed by atoms with Gasteiger partial charge in [0.1, 0.15) is 17.4 Å². The van der Waals surface area contributed by atoms with Crippen molar-refractivity contribution in [3.05, 3.63) is 35.6 Å². The Morgan fingerprint density at radius 2 is 2.10 bits per heavy atom. The Morgan fingerprint density at radius 3 is 2.81 bits per heavy atom. The lowest BCUT2D eigenvalue weighted by Gasteiger charge is -2.33. The van der Waals surface area contributed by atoms with Gasteiger partial charge in [-0.2, -0.15) is 0 Å². The number of ether oxygens (including phenoxy) is 1. The Kier molecular flexibility index (Phi) is 3.29. The molecule has 0 spiro atoms. The van der Waals surface area contributed by atoms with Crippen molar-refractivity contribution in [2.75, 3.05) is 19.0 Å². The van der Waals surface area contributed by atoms with Gasteiger partial charge < -0.3 is 10.5 Å². The van der Waals surface area contributed by atoms with Crippen LogP contribution in [0, 0.1) is 11.7 Å². The molecule has 0 bridgehead atoms. The second kappa shape index (κ2) is 4.78. The molecule has 3 atom stereocenters. The number of amidine groups is 1. The summed E-state index contributed by atoms with van der Waals surface area (Å²) in [5.41, 5.74) is 5.10. The van der Waals surface area contributed by atoms with E-state index in [1.807, 2.05) is 0 Å². The molecule has 0 aliphatic carbocycles. The van der Waals surface area contributed by atoms with Crippen molar-refractivity contribution in [1.29, 1.82) is 0 Å². The zero-order valence-electron chi connectivity index (χ0n) is 11.6. The SMILES string of the molecule is CC1(c2ccccc2F)N=C(N)CS(=O)(=O)C2COCC21. The largest absolute Gasteiger partial charge is 0.387 e. The average Bonchev–Trinajstić information content (AvgIpc) is 2.86. The van der Waals surface area contributed by atoms with Gasteiger partial charge in [0, 0.05) is 11.5 Å². The molecule has 0 amide bonds. The van der Waals surface area contributed by atoms with Gasteiger partial charge in [-0.25, -0.2) is 12.8 Å². The molecule has 2 aliphatic heterocycles. The van der Waals surface area contributed by atoms with Crippen molar-refractivity contribution in [2.24, 2.45) is 16.6 Å². The maximum absolute atomic E-state index is 14.2. The zero-order chi connectivity index (χ0) is 15.3. The van der Waals surface area contributed by atoms with Crippen molar-refractivity contribution in [2.45, 2.75) is 17.7 Å². The summed E-state index contributed by atoms with van der Waals surface area (Å²) in [6.07, 6.45) is 0. The van der Waals surface area contributed by atoms with Crippen LogP contribution in [0.2, 0.25) is 0 Å².